The smallest absolute Gasteiger partial charge is 0.0445 e. The number of rotatable bonds is 2. The van der Waals surface area contributed by atoms with Gasteiger partial charge in [-0.2, -0.15) is 0 Å². The van der Waals surface area contributed by atoms with E-state index in [2.05, 4.69) is 17.1 Å². The number of nitrogens with two attached hydrogens (primary N) is 1. The number of para-hydroxylation sites is 1. The summed E-state index contributed by atoms with van der Waals surface area (Å²) < 4.78 is 0. The van der Waals surface area contributed by atoms with Gasteiger partial charge in [0.1, 0.15) is 0 Å². The number of pyridine rings is 1. The molecule has 0 atom stereocenters. The molecule has 0 saturated heterocycles. The van der Waals surface area contributed by atoms with Crippen LogP contribution in [0.5, 0.6) is 0 Å². The van der Waals surface area contributed by atoms with Gasteiger partial charge in [0.05, 0.1) is 0 Å². The molecule has 0 fully saturated rings. The lowest BCUT2D eigenvalue weighted by Crippen LogP contribution is -1.92. The van der Waals surface area contributed by atoms with Crippen LogP contribution in [0.25, 0.3) is 17.2 Å². The SMILES string of the molecule is C/C=C\c1cc(-c2ccccc2N)cnc1C. The van der Waals surface area contributed by atoms with Gasteiger partial charge in [-0.3, -0.25) is 4.98 Å². The Kier molecular flexibility index (Phi) is 3.24. The van der Waals surface area contributed by atoms with Crippen LogP contribution < -0.4 is 5.73 Å². The summed E-state index contributed by atoms with van der Waals surface area (Å²) in [6.07, 6.45) is 5.95. The maximum Gasteiger partial charge on any atom is 0.0445 e. The van der Waals surface area contributed by atoms with Crippen molar-refractivity contribution in [3.05, 3.63) is 53.9 Å². The molecule has 2 rings (SSSR count). The molecule has 0 radical (unpaired) electrons. The third-order valence-corrected chi connectivity index (χ3v) is 2.74. The van der Waals surface area contributed by atoms with E-state index in [0.717, 1.165) is 28.1 Å². The Hall–Kier alpha value is -2.09. The Labute approximate surface area is 102 Å². The predicted molar refractivity (Wildman–Crippen MR) is 73.5 cm³/mol. The van der Waals surface area contributed by atoms with Crippen LogP contribution in [0.15, 0.2) is 42.6 Å². The highest BCUT2D eigenvalue weighted by molar-refractivity contribution is 5.77. The molecule has 1 heterocycles. The number of hydrogen-bond acceptors (Lipinski definition) is 2. The van der Waals surface area contributed by atoms with Crippen LogP contribution in [0, 0.1) is 6.92 Å². The minimum atomic E-state index is 0.782. The van der Waals surface area contributed by atoms with E-state index in [0.29, 0.717) is 0 Å². The summed E-state index contributed by atoms with van der Waals surface area (Å²) in [6, 6.07) is 9.97. The van der Waals surface area contributed by atoms with Gasteiger partial charge in [0.15, 0.2) is 0 Å². The highest BCUT2D eigenvalue weighted by atomic mass is 14.7. The van der Waals surface area contributed by atoms with Crippen molar-refractivity contribution in [2.24, 2.45) is 0 Å². The summed E-state index contributed by atoms with van der Waals surface area (Å²) >= 11 is 0. The number of hydrogen-bond donors (Lipinski definition) is 1. The van der Waals surface area contributed by atoms with E-state index in [9.17, 15) is 0 Å². The molecule has 2 aromatic rings. The van der Waals surface area contributed by atoms with Gasteiger partial charge < -0.3 is 5.73 Å². The largest absolute Gasteiger partial charge is 0.398 e. The van der Waals surface area contributed by atoms with Gasteiger partial charge in [-0.1, -0.05) is 30.4 Å². The van der Waals surface area contributed by atoms with Crippen LogP contribution in [0.3, 0.4) is 0 Å². The Morgan fingerprint density at radius 3 is 2.71 bits per heavy atom. The fourth-order valence-electron chi connectivity index (χ4n) is 1.81. The van der Waals surface area contributed by atoms with Gasteiger partial charge in [0.25, 0.3) is 0 Å². The number of benzene rings is 1. The summed E-state index contributed by atoms with van der Waals surface area (Å²) in [5, 5.41) is 0. The minimum Gasteiger partial charge on any atom is -0.398 e. The first-order valence-corrected chi connectivity index (χ1v) is 5.66. The lowest BCUT2D eigenvalue weighted by molar-refractivity contribution is 1.19. The zero-order valence-corrected chi connectivity index (χ0v) is 10.1. The molecule has 0 aliphatic carbocycles. The van der Waals surface area contributed by atoms with Gasteiger partial charge in [-0.05, 0) is 31.5 Å². The van der Waals surface area contributed by atoms with Crippen LogP contribution in [-0.2, 0) is 0 Å². The summed E-state index contributed by atoms with van der Waals surface area (Å²) in [7, 11) is 0. The van der Waals surface area contributed by atoms with Gasteiger partial charge >= 0.3 is 0 Å². The molecule has 0 amide bonds. The second-order valence-electron chi connectivity index (χ2n) is 3.99. The molecule has 2 nitrogen and oxygen atoms in total. The van der Waals surface area contributed by atoms with Crippen molar-refractivity contribution in [1.29, 1.82) is 0 Å². The second-order valence-corrected chi connectivity index (χ2v) is 3.99. The lowest BCUT2D eigenvalue weighted by Gasteiger charge is -2.07. The maximum absolute atomic E-state index is 5.97. The fourth-order valence-corrected chi connectivity index (χ4v) is 1.81. The molecule has 2 N–H and O–H groups in total. The Morgan fingerprint density at radius 1 is 1.24 bits per heavy atom. The molecule has 0 saturated carbocycles. The number of anilines is 1. The van der Waals surface area contributed by atoms with Crippen molar-refractivity contribution in [2.45, 2.75) is 13.8 Å². The van der Waals surface area contributed by atoms with Crippen molar-refractivity contribution in [1.82, 2.24) is 4.98 Å². The molecule has 17 heavy (non-hydrogen) atoms. The fraction of sp³-hybridized carbons (Fsp3) is 0.133. The van der Waals surface area contributed by atoms with Gasteiger partial charge in [-0.15, -0.1) is 0 Å². The third-order valence-electron chi connectivity index (χ3n) is 2.74. The number of nitrogens with zero attached hydrogens (tertiary/aromatic N) is 1. The third kappa shape index (κ3) is 2.36. The second kappa shape index (κ2) is 4.83. The first-order valence-electron chi connectivity index (χ1n) is 5.66. The predicted octanol–water partition coefficient (Wildman–Crippen LogP) is 3.67. The van der Waals surface area contributed by atoms with Crippen molar-refractivity contribution in [3.8, 4) is 11.1 Å². The van der Waals surface area contributed by atoms with E-state index in [4.69, 9.17) is 5.73 Å². The Bertz CT molecular complexity index is 557. The van der Waals surface area contributed by atoms with E-state index in [1.165, 1.54) is 0 Å². The van der Waals surface area contributed by atoms with Gasteiger partial charge in [-0.25, -0.2) is 0 Å². The van der Waals surface area contributed by atoms with Crippen LogP contribution in [0.1, 0.15) is 18.2 Å². The maximum atomic E-state index is 5.97. The summed E-state index contributed by atoms with van der Waals surface area (Å²) in [5.41, 5.74) is 11.0. The van der Waals surface area contributed by atoms with Crippen LogP contribution in [0.2, 0.25) is 0 Å². The van der Waals surface area contributed by atoms with Gasteiger partial charge in [0, 0.05) is 28.7 Å². The lowest BCUT2D eigenvalue weighted by atomic mass is 10.0. The average Bonchev–Trinajstić information content (AvgIpc) is 2.33. The molecule has 0 bridgehead atoms. The summed E-state index contributed by atoms with van der Waals surface area (Å²) in [6.45, 7) is 4.01. The zero-order chi connectivity index (χ0) is 12.3. The van der Waals surface area contributed by atoms with Gasteiger partial charge in [0.2, 0.25) is 0 Å². The first kappa shape index (κ1) is 11.4. The normalized spacial score (nSPS) is 10.9. The number of allylic oxidation sites excluding steroid dienone is 1. The standard InChI is InChI=1S/C15H16N2/c1-3-6-12-9-13(10-17-11(12)2)14-7-4-5-8-15(14)16/h3-10H,16H2,1-2H3/b6-3-. The quantitative estimate of drug-likeness (QED) is 0.790. The summed E-state index contributed by atoms with van der Waals surface area (Å²) in [4.78, 5) is 4.41. The average molecular weight is 224 g/mol. The van der Waals surface area contributed by atoms with E-state index >= 15 is 0 Å². The summed E-state index contributed by atoms with van der Waals surface area (Å²) in [5.74, 6) is 0. The van der Waals surface area contributed by atoms with E-state index < -0.39 is 0 Å². The van der Waals surface area contributed by atoms with Crippen LogP contribution in [-0.4, -0.2) is 4.98 Å². The molecule has 0 spiro atoms. The van der Waals surface area contributed by atoms with Crippen LogP contribution >= 0.6 is 0 Å². The van der Waals surface area contributed by atoms with Crippen molar-refractivity contribution in [3.63, 3.8) is 0 Å². The zero-order valence-electron chi connectivity index (χ0n) is 10.1. The first-order chi connectivity index (χ1) is 8.22. The van der Waals surface area contributed by atoms with E-state index in [1.54, 1.807) is 0 Å². The van der Waals surface area contributed by atoms with Crippen LogP contribution in [0.4, 0.5) is 5.69 Å². The minimum absolute atomic E-state index is 0.782. The topological polar surface area (TPSA) is 38.9 Å². The monoisotopic (exact) mass is 224 g/mol. The molecule has 2 heteroatoms. The van der Waals surface area contributed by atoms with Crippen molar-refractivity contribution >= 4 is 11.8 Å². The molecular formula is C15H16N2. The van der Waals surface area contributed by atoms with Crippen molar-refractivity contribution in [2.75, 3.05) is 5.73 Å². The van der Waals surface area contributed by atoms with Crippen molar-refractivity contribution < 1.29 is 0 Å². The molecule has 86 valence electrons. The Balaban J connectivity index is 2.54. The molecule has 0 aliphatic heterocycles. The molecule has 0 aliphatic rings. The highest BCUT2D eigenvalue weighted by Crippen LogP contribution is 2.26. The molecule has 1 aromatic carbocycles. The number of aromatic nitrogens is 1. The molecule has 0 unspecified atom stereocenters. The number of aryl methyl sites for hydroxylation is 1. The highest BCUT2D eigenvalue weighted by Gasteiger charge is 2.04. The van der Waals surface area contributed by atoms with E-state index in [-0.39, 0.29) is 0 Å². The molecule has 1 aromatic heterocycles. The molecular weight excluding hydrogens is 208 g/mol. The van der Waals surface area contributed by atoms with E-state index in [1.807, 2.05) is 50.4 Å². The Morgan fingerprint density at radius 2 is 2.00 bits per heavy atom. The number of nitrogen functional groups attached to an aromatic ring is 1.